The molecule has 1 aliphatic rings. The molecule has 1 amide bonds. The molecule has 0 saturated carbocycles. The van der Waals surface area contributed by atoms with Gasteiger partial charge in [-0.2, -0.15) is 0 Å². The van der Waals surface area contributed by atoms with Crippen LogP contribution in [0, 0.1) is 0 Å². The van der Waals surface area contributed by atoms with E-state index in [0.717, 1.165) is 11.6 Å². The standard InChI is InChI=1S/C17H23N5O3/c1-21-12-19-20-16(21)10-18-9-15-11-22(7-8-25-15)17(23)13-3-5-14(24-2)6-4-13/h3-6,12,15,18H,7-11H2,1-2H3. The molecule has 1 fully saturated rings. The number of aromatic nitrogens is 3. The number of nitrogens with one attached hydrogen (secondary N) is 1. The molecule has 0 radical (unpaired) electrons. The highest BCUT2D eigenvalue weighted by atomic mass is 16.5. The second-order valence-electron chi connectivity index (χ2n) is 5.96. The Morgan fingerprint density at radius 2 is 2.20 bits per heavy atom. The highest BCUT2D eigenvalue weighted by molar-refractivity contribution is 5.94. The molecule has 8 nitrogen and oxygen atoms in total. The lowest BCUT2D eigenvalue weighted by Gasteiger charge is -2.33. The number of benzene rings is 1. The third-order valence-electron chi connectivity index (χ3n) is 4.22. The minimum Gasteiger partial charge on any atom is -0.497 e. The van der Waals surface area contributed by atoms with Crippen LogP contribution in [-0.2, 0) is 18.3 Å². The molecule has 1 unspecified atom stereocenters. The van der Waals surface area contributed by atoms with Gasteiger partial charge in [0.25, 0.3) is 5.91 Å². The molecule has 1 saturated heterocycles. The first kappa shape index (κ1) is 17.4. The average Bonchev–Trinajstić information content (AvgIpc) is 3.06. The van der Waals surface area contributed by atoms with E-state index in [0.29, 0.717) is 38.3 Å². The minimum atomic E-state index is -0.0378. The van der Waals surface area contributed by atoms with E-state index < -0.39 is 0 Å². The van der Waals surface area contributed by atoms with Crippen molar-refractivity contribution in [2.24, 2.45) is 7.05 Å². The molecule has 1 atom stereocenters. The van der Waals surface area contributed by atoms with Gasteiger partial charge in [0.2, 0.25) is 0 Å². The molecule has 1 aromatic carbocycles. The summed E-state index contributed by atoms with van der Waals surface area (Å²) in [7, 11) is 3.51. The van der Waals surface area contributed by atoms with Crippen LogP contribution in [0.1, 0.15) is 16.2 Å². The predicted octanol–water partition coefficient (Wildman–Crippen LogP) is 0.455. The van der Waals surface area contributed by atoms with Gasteiger partial charge in [-0.3, -0.25) is 4.79 Å². The highest BCUT2D eigenvalue weighted by Gasteiger charge is 2.25. The number of amides is 1. The van der Waals surface area contributed by atoms with Crippen molar-refractivity contribution in [3.05, 3.63) is 42.0 Å². The smallest absolute Gasteiger partial charge is 0.254 e. The molecule has 1 aliphatic heterocycles. The summed E-state index contributed by atoms with van der Waals surface area (Å²) in [5.74, 6) is 1.62. The summed E-state index contributed by atoms with van der Waals surface area (Å²) in [6.07, 6.45) is 1.63. The Kier molecular flexibility index (Phi) is 5.62. The predicted molar refractivity (Wildman–Crippen MR) is 91.3 cm³/mol. The van der Waals surface area contributed by atoms with Crippen molar-refractivity contribution in [2.45, 2.75) is 12.6 Å². The summed E-state index contributed by atoms with van der Waals surface area (Å²) >= 11 is 0. The Labute approximate surface area is 146 Å². The molecule has 1 aromatic heterocycles. The van der Waals surface area contributed by atoms with E-state index in [-0.39, 0.29) is 12.0 Å². The van der Waals surface area contributed by atoms with Crippen LogP contribution in [0.25, 0.3) is 0 Å². The number of carbonyl (C=O) groups is 1. The number of rotatable bonds is 6. The van der Waals surface area contributed by atoms with Crippen molar-refractivity contribution in [2.75, 3.05) is 33.4 Å². The lowest BCUT2D eigenvalue weighted by molar-refractivity contribution is -0.0205. The van der Waals surface area contributed by atoms with Gasteiger partial charge >= 0.3 is 0 Å². The van der Waals surface area contributed by atoms with E-state index in [1.165, 1.54) is 0 Å². The van der Waals surface area contributed by atoms with Gasteiger partial charge in [0.05, 0.1) is 26.4 Å². The molecule has 0 bridgehead atoms. The number of ether oxygens (including phenoxy) is 2. The molecule has 3 rings (SSSR count). The van der Waals surface area contributed by atoms with Gasteiger partial charge in [-0.05, 0) is 24.3 Å². The van der Waals surface area contributed by atoms with Gasteiger partial charge in [-0.25, -0.2) is 0 Å². The number of hydrogen-bond donors (Lipinski definition) is 1. The van der Waals surface area contributed by atoms with E-state index in [1.54, 1.807) is 37.7 Å². The van der Waals surface area contributed by atoms with E-state index in [1.807, 2.05) is 16.5 Å². The molecule has 0 spiro atoms. The number of carbonyl (C=O) groups excluding carboxylic acids is 1. The number of morpholine rings is 1. The maximum Gasteiger partial charge on any atom is 0.254 e. The van der Waals surface area contributed by atoms with Crippen LogP contribution in [0.3, 0.4) is 0 Å². The topological polar surface area (TPSA) is 81.5 Å². The number of hydrogen-bond acceptors (Lipinski definition) is 6. The van der Waals surface area contributed by atoms with Crippen molar-refractivity contribution in [1.29, 1.82) is 0 Å². The Balaban J connectivity index is 1.51. The molecule has 0 aliphatic carbocycles. The maximum atomic E-state index is 12.6. The van der Waals surface area contributed by atoms with Crippen LogP contribution in [0.15, 0.2) is 30.6 Å². The molecular weight excluding hydrogens is 322 g/mol. The quantitative estimate of drug-likeness (QED) is 0.819. The fourth-order valence-corrected chi connectivity index (χ4v) is 2.76. The van der Waals surface area contributed by atoms with Crippen LogP contribution < -0.4 is 10.1 Å². The van der Waals surface area contributed by atoms with Crippen molar-refractivity contribution in [3.63, 3.8) is 0 Å². The normalized spacial score (nSPS) is 17.5. The Bertz CT molecular complexity index is 701. The molecule has 8 heteroatoms. The average molecular weight is 345 g/mol. The SMILES string of the molecule is COc1ccc(C(=O)N2CCOC(CNCc3nncn3C)C2)cc1. The number of methoxy groups -OCH3 is 1. The fourth-order valence-electron chi connectivity index (χ4n) is 2.76. The van der Waals surface area contributed by atoms with E-state index in [4.69, 9.17) is 9.47 Å². The molecule has 2 aromatic rings. The third kappa shape index (κ3) is 4.34. The second-order valence-corrected chi connectivity index (χ2v) is 5.96. The van der Waals surface area contributed by atoms with Crippen molar-refractivity contribution in [1.82, 2.24) is 25.0 Å². The summed E-state index contributed by atoms with van der Waals surface area (Å²) in [4.78, 5) is 14.5. The van der Waals surface area contributed by atoms with Crippen LogP contribution in [0.4, 0.5) is 0 Å². The van der Waals surface area contributed by atoms with E-state index in [2.05, 4.69) is 15.5 Å². The molecule has 25 heavy (non-hydrogen) atoms. The number of aryl methyl sites for hydroxylation is 1. The van der Waals surface area contributed by atoms with Crippen molar-refractivity contribution >= 4 is 5.91 Å². The first-order valence-corrected chi connectivity index (χ1v) is 8.26. The summed E-state index contributed by atoms with van der Waals surface area (Å²) < 4.78 is 12.8. The van der Waals surface area contributed by atoms with Gasteiger partial charge in [0.1, 0.15) is 17.9 Å². The highest BCUT2D eigenvalue weighted by Crippen LogP contribution is 2.15. The van der Waals surface area contributed by atoms with Crippen LogP contribution in [0.2, 0.25) is 0 Å². The molecule has 134 valence electrons. The van der Waals surface area contributed by atoms with Crippen LogP contribution >= 0.6 is 0 Å². The fraction of sp³-hybridized carbons (Fsp3) is 0.471. The number of nitrogens with zero attached hydrogens (tertiary/aromatic N) is 4. The first-order chi connectivity index (χ1) is 12.2. The van der Waals surface area contributed by atoms with Crippen molar-refractivity contribution < 1.29 is 14.3 Å². The maximum absolute atomic E-state index is 12.6. The molecule has 2 heterocycles. The zero-order chi connectivity index (χ0) is 17.6. The second kappa shape index (κ2) is 8.09. The summed E-state index contributed by atoms with van der Waals surface area (Å²) in [5, 5.41) is 11.2. The lowest BCUT2D eigenvalue weighted by Crippen LogP contribution is -2.48. The third-order valence-corrected chi connectivity index (χ3v) is 4.22. The largest absolute Gasteiger partial charge is 0.497 e. The zero-order valence-corrected chi connectivity index (χ0v) is 14.5. The first-order valence-electron chi connectivity index (χ1n) is 8.26. The Morgan fingerprint density at radius 1 is 1.40 bits per heavy atom. The summed E-state index contributed by atoms with van der Waals surface area (Å²) in [6.45, 7) is 2.97. The molecular formula is C17H23N5O3. The van der Waals surface area contributed by atoms with E-state index in [9.17, 15) is 4.79 Å². The monoisotopic (exact) mass is 345 g/mol. The van der Waals surface area contributed by atoms with Crippen molar-refractivity contribution in [3.8, 4) is 5.75 Å². The van der Waals surface area contributed by atoms with Gasteiger partial charge in [-0.15, -0.1) is 10.2 Å². The van der Waals surface area contributed by atoms with E-state index >= 15 is 0 Å². The summed E-state index contributed by atoms with van der Waals surface area (Å²) in [5.41, 5.74) is 0.661. The van der Waals surface area contributed by atoms with Gasteiger partial charge in [0, 0.05) is 32.2 Å². The van der Waals surface area contributed by atoms with Crippen LogP contribution in [0.5, 0.6) is 5.75 Å². The zero-order valence-electron chi connectivity index (χ0n) is 14.5. The Hall–Kier alpha value is -2.45. The molecule has 1 N–H and O–H groups in total. The van der Waals surface area contributed by atoms with Gasteiger partial charge in [0.15, 0.2) is 0 Å². The minimum absolute atomic E-state index is 0.0178. The summed E-state index contributed by atoms with van der Waals surface area (Å²) in [6, 6.07) is 7.18. The van der Waals surface area contributed by atoms with Crippen LogP contribution in [-0.4, -0.2) is 65.0 Å². The van der Waals surface area contributed by atoms with Gasteiger partial charge < -0.3 is 24.3 Å². The lowest BCUT2D eigenvalue weighted by atomic mass is 10.1. The van der Waals surface area contributed by atoms with Gasteiger partial charge in [-0.1, -0.05) is 0 Å². The Morgan fingerprint density at radius 3 is 2.88 bits per heavy atom.